The number of thiazole rings is 1. The van der Waals surface area contributed by atoms with E-state index in [0.29, 0.717) is 10.9 Å². The van der Waals surface area contributed by atoms with Crippen LogP contribution >= 0.6 is 11.3 Å². The first-order chi connectivity index (χ1) is 6.36. The summed E-state index contributed by atoms with van der Waals surface area (Å²) in [7, 11) is 0. The molecule has 1 heterocycles. The molecule has 1 aromatic carbocycles. The zero-order valence-corrected chi connectivity index (χ0v) is 7.49. The maximum atomic E-state index is 9.36. The van der Waals surface area contributed by atoms with Gasteiger partial charge in [0.2, 0.25) is 0 Å². The predicted molar refractivity (Wildman–Crippen MR) is 50.3 cm³/mol. The molecule has 0 saturated heterocycles. The zero-order valence-electron chi connectivity index (χ0n) is 6.68. The normalized spacial score (nSPS) is 9.85. The number of para-hydroxylation sites is 2. The Bertz CT molecular complexity index is 386. The Balaban J connectivity index is 2.24. The molecule has 4 heteroatoms. The van der Waals surface area contributed by atoms with Gasteiger partial charge in [0, 0.05) is 11.6 Å². The van der Waals surface area contributed by atoms with Crippen molar-refractivity contribution in [3.8, 4) is 16.7 Å². The third-order valence-corrected chi connectivity index (χ3v) is 2.12. The van der Waals surface area contributed by atoms with Crippen LogP contribution in [0.15, 0.2) is 35.8 Å². The Morgan fingerprint density at radius 1 is 1.31 bits per heavy atom. The molecule has 0 spiro atoms. The molecule has 0 unspecified atom stereocenters. The first kappa shape index (κ1) is 8.07. The van der Waals surface area contributed by atoms with Gasteiger partial charge in [0.15, 0.2) is 11.5 Å². The number of hydrogen-bond donors (Lipinski definition) is 1. The van der Waals surface area contributed by atoms with Crippen molar-refractivity contribution >= 4 is 11.3 Å². The SMILES string of the molecule is Oc1ccccc1Oc1nccs1. The molecule has 2 rings (SSSR count). The molecule has 0 amide bonds. The smallest absolute Gasteiger partial charge is 0.278 e. The predicted octanol–water partition coefficient (Wildman–Crippen LogP) is 2.64. The molecule has 0 radical (unpaired) electrons. The summed E-state index contributed by atoms with van der Waals surface area (Å²) in [5.41, 5.74) is 0. The van der Waals surface area contributed by atoms with Gasteiger partial charge in [0.1, 0.15) is 0 Å². The van der Waals surface area contributed by atoms with Crippen molar-refractivity contribution in [3.63, 3.8) is 0 Å². The summed E-state index contributed by atoms with van der Waals surface area (Å²) in [6, 6.07) is 6.80. The Labute approximate surface area is 79.3 Å². The van der Waals surface area contributed by atoms with Gasteiger partial charge in [-0.1, -0.05) is 23.5 Å². The molecule has 0 aliphatic heterocycles. The van der Waals surface area contributed by atoms with Crippen LogP contribution in [-0.2, 0) is 0 Å². The van der Waals surface area contributed by atoms with Gasteiger partial charge >= 0.3 is 0 Å². The monoisotopic (exact) mass is 193 g/mol. The number of rotatable bonds is 2. The Morgan fingerprint density at radius 3 is 2.85 bits per heavy atom. The lowest BCUT2D eigenvalue weighted by atomic mass is 10.3. The second kappa shape index (κ2) is 3.45. The lowest BCUT2D eigenvalue weighted by molar-refractivity contribution is 0.410. The van der Waals surface area contributed by atoms with Crippen LogP contribution in [0.2, 0.25) is 0 Å². The lowest BCUT2D eigenvalue weighted by Gasteiger charge is -2.02. The van der Waals surface area contributed by atoms with Gasteiger partial charge in [0.05, 0.1) is 0 Å². The molecule has 0 aliphatic carbocycles. The molecule has 3 nitrogen and oxygen atoms in total. The Kier molecular flexibility index (Phi) is 2.14. The van der Waals surface area contributed by atoms with Crippen molar-refractivity contribution in [1.82, 2.24) is 4.98 Å². The summed E-state index contributed by atoms with van der Waals surface area (Å²) >= 11 is 1.38. The molecule has 0 saturated carbocycles. The van der Waals surface area contributed by atoms with E-state index in [1.54, 1.807) is 30.5 Å². The van der Waals surface area contributed by atoms with Crippen molar-refractivity contribution in [3.05, 3.63) is 35.8 Å². The summed E-state index contributed by atoms with van der Waals surface area (Å²) in [4.78, 5) is 3.94. The summed E-state index contributed by atoms with van der Waals surface area (Å²) in [6.07, 6.45) is 1.65. The van der Waals surface area contributed by atoms with E-state index in [4.69, 9.17) is 4.74 Å². The maximum absolute atomic E-state index is 9.36. The quantitative estimate of drug-likeness (QED) is 0.797. The van der Waals surface area contributed by atoms with Crippen molar-refractivity contribution in [2.45, 2.75) is 0 Å². The third kappa shape index (κ3) is 1.78. The Hall–Kier alpha value is -1.55. The van der Waals surface area contributed by atoms with Gasteiger partial charge in [-0.05, 0) is 12.1 Å². The van der Waals surface area contributed by atoms with E-state index in [2.05, 4.69) is 4.98 Å². The lowest BCUT2D eigenvalue weighted by Crippen LogP contribution is -1.82. The molecule has 0 atom stereocenters. The highest BCUT2D eigenvalue weighted by Crippen LogP contribution is 2.30. The number of aromatic nitrogens is 1. The zero-order chi connectivity index (χ0) is 9.10. The number of phenolic OH excluding ortho intramolecular Hbond substituents is 1. The van der Waals surface area contributed by atoms with Gasteiger partial charge < -0.3 is 9.84 Å². The van der Waals surface area contributed by atoms with Crippen LogP contribution < -0.4 is 4.74 Å². The van der Waals surface area contributed by atoms with Crippen molar-refractivity contribution in [2.24, 2.45) is 0 Å². The van der Waals surface area contributed by atoms with Crippen molar-refractivity contribution < 1.29 is 9.84 Å². The second-order valence-electron chi connectivity index (χ2n) is 2.37. The number of ether oxygens (including phenoxy) is 1. The molecule has 2 aromatic rings. The molecule has 13 heavy (non-hydrogen) atoms. The molecule has 66 valence electrons. The van der Waals surface area contributed by atoms with E-state index in [0.717, 1.165) is 0 Å². The first-order valence-corrected chi connectivity index (χ1v) is 4.59. The highest BCUT2D eigenvalue weighted by atomic mass is 32.1. The van der Waals surface area contributed by atoms with Crippen LogP contribution in [0.3, 0.4) is 0 Å². The summed E-state index contributed by atoms with van der Waals surface area (Å²) in [5.74, 6) is 0.551. The second-order valence-corrected chi connectivity index (χ2v) is 3.22. The summed E-state index contributed by atoms with van der Waals surface area (Å²) in [5, 5.41) is 11.7. The average molecular weight is 193 g/mol. The molecule has 0 fully saturated rings. The standard InChI is InChI=1S/C9H7NO2S/c11-7-3-1-2-4-8(7)12-9-10-5-6-13-9/h1-6,11H. The van der Waals surface area contributed by atoms with Gasteiger partial charge in [0.25, 0.3) is 5.19 Å². The van der Waals surface area contributed by atoms with E-state index < -0.39 is 0 Å². The van der Waals surface area contributed by atoms with E-state index in [1.165, 1.54) is 11.3 Å². The van der Waals surface area contributed by atoms with Crippen molar-refractivity contribution in [1.29, 1.82) is 0 Å². The fourth-order valence-electron chi connectivity index (χ4n) is 0.898. The van der Waals surface area contributed by atoms with Gasteiger partial charge in [-0.2, -0.15) is 0 Å². The van der Waals surface area contributed by atoms with Crippen LogP contribution in [0, 0.1) is 0 Å². The van der Waals surface area contributed by atoms with Crippen molar-refractivity contribution in [2.75, 3.05) is 0 Å². The molecule has 1 aromatic heterocycles. The maximum Gasteiger partial charge on any atom is 0.278 e. The van der Waals surface area contributed by atoms with Crippen LogP contribution in [0.4, 0.5) is 0 Å². The molecule has 1 N–H and O–H groups in total. The number of benzene rings is 1. The molecular weight excluding hydrogens is 186 g/mol. The highest BCUT2D eigenvalue weighted by molar-refractivity contribution is 7.11. The number of aromatic hydroxyl groups is 1. The fourth-order valence-corrected chi connectivity index (χ4v) is 1.40. The summed E-state index contributed by atoms with van der Waals surface area (Å²) < 4.78 is 5.31. The summed E-state index contributed by atoms with van der Waals surface area (Å²) in [6.45, 7) is 0. The topological polar surface area (TPSA) is 42.4 Å². The van der Waals surface area contributed by atoms with Crippen LogP contribution in [0.5, 0.6) is 16.7 Å². The molecule has 0 bridgehead atoms. The van der Waals surface area contributed by atoms with E-state index in [9.17, 15) is 5.11 Å². The van der Waals surface area contributed by atoms with E-state index in [1.807, 2.05) is 5.38 Å². The fraction of sp³-hybridized carbons (Fsp3) is 0. The minimum Gasteiger partial charge on any atom is -0.504 e. The Morgan fingerprint density at radius 2 is 2.15 bits per heavy atom. The average Bonchev–Trinajstić information content (AvgIpc) is 2.61. The number of phenols is 1. The van der Waals surface area contributed by atoms with Gasteiger partial charge in [-0.25, -0.2) is 4.98 Å². The molecular formula is C9H7NO2S. The number of nitrogens with zero attached hydrogens (tertiary/aromatic N) is 1. The van der Waals surface area contributed by atoms with E-state index >= 15 is 0 Å². The largest absolute Gasteiger partial charge is 0.504 e. The van der Waals surface area contributed by atoms with Crippen LogP contribution in [0.25, 0.3) is 0 Å². The van der Waals surface area contributed by atoms with Crippen LogP contribution in [0.1, 0.15) is 0 Å². The van der Waals surface area contributed by atoms with Crippen LogP contribution in [-0.4, -0.2) is 10.1 Å². The third-order valence-electron chi connectivity index (χ3n) is 1.47. The minimum atomic E-state index is 0.123. The number of hydrogen-bond acceptors (Lipinski definition) is 4. The van der Waals surface area contributed by atoms with E-state index in [-0.39, 0.29) is 5.75 Å². The minimum absolute atomic E-state index is 0.123. The highest BCUT2D eigenvalue weighted by Gasteiger charge is 2.02. The van der Waals surface area contributed by atoms with Gasteiger partial charge in [-0.3, -0.25) is 0 Å². The first-order valence-electron chi connectivity index (χ1n) is 3.71. The molecule has 0 aliphatic rings. The van der Waals surface area contributed by atoms with Gasteiger partial charge in [-0.15, -0.1) is 0 Å².